The van der Waals surface area contributed by atoms with Crippen LogP contribution in [0.4, 0.5) is 5.69 Å². The molecular weight excluding hydrogens is 332 g/mol. The molecule has 1 amide bonds. The number of carbonyl (C=O) groups is 1. The first-order valence-electron chi connectivity index (χ1n) is 7.98. The zero-order valence-corrected chi connectivity index (χ0v) is 13.6. The van der Waals surface area contributed by atoms with Crippen LogP contribution >= 0.6 is 0 Å². The Balaban J connectivity index is 1.67. The molecule has 2 aromatic carbocycles. The van der Waals surface area contributed by atoms with Gasteiger partial charge in [0.1, 0.15) is 6.54 Å². The van der Waals surface area contributed by atoms with Gasteiger partial charge in [-0.1, -0.05) is 24.3 Å². The van der Waals surface area contributed by atoms with Crippen molar-refractivity contribution in [3.8, 4) is 0 Å². The molecule has 2 aromatic heterocycles. The average Bonchev–Trinajstić information content (AvgIpc) is 2.66. The molecule has 7 nitrogen and oxygen atoms in total. The predicted molar refractivity (Wildman–Crippen MR) is 99.2 cm³/mol. The minimum absolute atomic E-state index is 0.278. The zero-order valence-electron chi connectivity index (χ0n) is 13.6. The number of anilines is 1. The van der Waals surface area contributed by atoms with E-state index >= 15 is 0 Å². The Kier molecular flexibility index (Phi) is 3.81. The van der Waals surface area contributed by atoms with E-state index in [0.29, 0.717) is 11.1 Å². The van der Waals surface area contributed by atoms with Gasteiger partial charge in [0, 0.05) is 28.9 Å². The summed E-state index contributed by atoms with van der Waals surface area (Å²) in [5.74, 6) is -0.414. The number of carbonyl (C=O) groups excluding carboxylic acids is 1. The standard InChI is InChI=1S/C19H14N4O3/c24-17(21-16-7-3-4-12-10-20-9-8-13(12)16)11-23-19(26)15-6-2-1-5-14(15)18(25)22-23/h1-10H,11H2,(H,21,24)(H,22,25). The van der Waals surface area contributed by atoms with Crippen molar-refractivity contribution in [1.29, 1.82) is 0 Å². The smallest absolute Gasteiger partial charge is 0.273 e. The number of H-pyrrole nitrogens is 1. The third-order valence-corrected chi connectivity index (χ3v) is 4.14. The molecule has 0 saturated heterocycles. The third-order valence-electron chi connectivity index (χ3n) is 4.14. The van der Waals surface area contributed by atoms with Crippen molar-refractivity contribution in [2.45, 2.75) is 6.54 Å². The summed E-state index contributed by atoms with van der Waals surface area (Å²) in [6, 6.07) is 13.8. The first-order chi connectivity index (χ1) is 12.6. The lowest BCUT2D eigenvalue weighted by Gasteiger charge is -2.10. The molecule has 0 unspecified atom stereocenters. The maximum atomic E-state index is 12.5. The third kappa shape index (κ3) is 2.75. The number of hydrogen-bond donors (Lipinski definition) is 2. The molecule has 7 heteroatoms. The first kappa shape index (κ1) is 15.8. The van der Waals surface area contributed by atoms with Crippen molar-refractivity contribution < 1.29 is 4.79 Å². The molecular formula is C19H14N4O3. The van der Waals surface area contributed by atoms with Crippen LogP contribution in [0, 0.1) is 0 Å². The zero-order chi connectivity index (χ0) is 18.1. The lowest BCUT2D eigenvalue weighted by molar-refractivity contribution is -0.117. The molecule has 0 fully saturated rings. The van der Waals surface area contributed by atoms with Gasteiger partial charge in [0.25, 0.3) is 11.1 Å². The van der Waals surface area contributed by atoms with E-state index in [1.807, 2.05) is 12.1 Å². The highest BCUT2D eigenvalue weighted by atomic mass is 16.2. The van der Waals surface area contributed by atoms with Crippen molar-refractivity contribution in [2.75, 3.05) is 5.32 Å². The number of rotatable bonds is 3. The number of fused-ring (bicyclic) bond motifs is 2. The van der Waals surface area contributed by atoms with Gasteiger partial charge in [0.15, 0.2) is 0 Å². The average molecular weight is 346 g/mol. The number of pyridine rings is 1. The maximum absolute atomic E-state index is 12.5. The van der Waals surface area contributed by atoms with Gasteiger partial charge in [-0.05, 0) is 24.3 Å². The molecule has 2 N–H and O–H groups in total. The number of nitrogens with zero attached hydrogens (tertiary/aromatic N) is 2. The van der Waals surface area contributed by atoms with Gasteiger partial charge < -0.3 is 5.32 Å². The van der Waals surface area contributed by atoms with Crippen LogP contribution in [0.3, 0.4) is 0 Å². The van der Waals surface area contributed by atoms with Crippen molar-refractivity contribution in [3.63, 3.8) is 0 Å². The Morgan fingerprint density at radius 3 is 2.65 bits per heavy atom. The monoisotopic (exact) mass is 346 g/mol. The molecule has 0 radical (unpaired) electrons. The van der Waals surface area contributed by atoms with E-state index in [1.165, 1.54) is 0 Å². The van der Waals surface area contributed by atoms with Crippen molar-refractivity contribution in [2.24, 2.45) is 0 Å². The van der Waals surface area contributed by atoms with Crippen molar-refractivity contribution >= 4 is 33.1 Å². The summed E-state index contributed by atoms with van der Waals surface area (Å²) in [4.78, 5) is 41.1. The second-order valence-corrected chi connectivity index (χ2v) is 5.83. The van der Waals surface area contributed by atoms with Crippen LogP contribution < -0.4 is 16.4 Å². The Morgan fingerprint density at radius 2 is 1.81 bits per heavy atom. The molecule has 2 heterocycles. The van der Waals surface area contributed by atoms with E-state index in [9.17, 15) is 14.4 Å². The van der Waals surface area contributed by atoms with Gasteiger partial charge in [-0.25, -0.2) is 4.68 Å². The number of hydrogen-bond acceptors (Lipinski definition) is 4. The topological polar surface area (TPSA) is 96.9 Å². The largest absolute Gasteiger partial charge is 0.324 e. The van der Waals surface area contributed by atoms with Gasteiger partial charge in [-0.2, -0.15) is 0 Å². The predicted octanol–water partition coefficient (Wildman–Crippen LogP) is 1.88. The maximum Gasteiger partial charge on any atom is 0.273 e. The quantitative estimate of drug-likeness (QED) is 0.592. The van der Waals surface area contributed by atoms with Crippen LogP contribution in [0.15, 0.2) is 70.5 Å². The SMILES string of the molecule is O=C(Cn1[nH]c(=O)c2ccccc2c1=O)Nc1cccc2cnccc12. The Labute approximate surface area is 146 Å². The van der Waals surface area contributed by atoms with Gasteiger partial charge in [0.05, 0.1) is 10.8 Å². The Hall–Kier alpha value is -3.74. The van der Waals surface area contributed by atoms with E-state index in [1.54, 1.807) is 48.8 Å². The van der Waals surface area contributed by atoms with Crippen LogP contribution in [-0.2, 0) is 11.3 Å². The number of benzene rings is 2. The van der Waals surface area contributed by atoms with E-state index in [-0.39, 0.29) is 11.9 Å². The van der Waals surface area contributed by atoms with Crippen molar-refractivity contribution in [3.05, 3.63) is 81.6 Å². The lowest BCUT2D eigenvalue weighted by Crippen LogP contribution is -2.34. The fraction of sp³-hybridized carbons (Fsp3) is 0.0526. The fourth-order valence-corrected chi connectivity index (χ4v) is 2.92. The number of aromatic amines is 1. The van der Waals surface area contributed by atoms with Crippen LogP contribution in [0.1, 0.15) is 0 Å². The minimum Gasteiger partial charge on any atom is -0.324 e. The lowest BCUT2D eigenvalue weighted by atomic mass is 10.1. The fourth-order valence-electron chi connectivity index (χ4n) is 2.92. The highest BCUT2D eigenvalue weighted by molar-refractivity contribution is 6.01. The summed E-state index contributed by atoms with van der Waals surface area (Å²) < 4.78 is 1.02. The molecule has 0 bridgehead atoms. The Bertz CT molecular complexity index is 1250. The first-order valence-corrected chi connectivity index (χ1v) is 7.98. The number of nitrogens with one attached hydrogen (secondary N) is 2. The summed E-state index contributed by atoms with van der Waals surface area (Å²) in [5, 5.41) is 7.54. The number of aromatic nitrogens is 3. The molecule has 0 aliphatic carbocycles. The van der Waals surface area contributed by atoms with Gasteiger partial charge in [-0.3, -0.25) is 24.5 Å². The van der Waals surface area contributed by atoms with E-state index in [0.717, 1.165) is 15.5 Å². The van der Waals surface area contributed by atoms with E-state index in [2.05, 4.69) is 15.4 Å². The summed E-state index contributed by atoms with van der Waals surface area (Å²) in [5.41, 5.74) is -0.215. The second-order valence-electron chi connectivity index (χ2n) is 5.83. The Morgan fingerprint density at radius 1 is 1.00 bits per heavy atom. The molecule has 4 aromatic rings. The second kappa shape index (κ2) is 6.29. The molecule has 0 aliphatic rings. The molecule has 0 saturated carbocycles. The summed E-state index contributed by atoms with van der Waals surface area (Å²) in [6.07, 6.45) is 3.35. The van der Waals surface area contributed by atoms with Gasteiger partial charge in [-0.15, -0.1) is 0 Å². The summed E-state index contributed by atoms with van der Waals surface area (Å²) in [6.45, 7) is -0.291. The van der Waals surface area contributed by atoms with E-state index in [4.69, 9.17) is 0 Å². The van der Waals surface area contributed by atoms with Crippen molar-refractivity contribution in [1.82, 2.24) is 14.8 Å². The van der Waals surface area contributed by atoms with Crippen LogP contribution in [0.5, 0.6) is 0 Å². The molecule has 0 spiro atoms. The molecule has 4 rings (SSSR count). The highest BCUT2D eigenvalue weighted by Gasteiger charge is 2.11. The molecule has 0 aliphatic heterocycles. The minimum atomic E-state index is -0.419. The number of amides is 1. The molecule has 128 valence electrons. The highest BCUT2D eigenvalue weighted by Crippen LogP contribution is 2.22. The van der Waals surface area contributed by atoms with Gasteiger partial charge in [0.2, 0.25) is 5.91 Å². The van der Waals surface area contributed by atoms with Crippen LogP contribution in [0.2, 0.25) is 0 Å². The van der Waals surface area contributed by atoms with Gasteiger partial charge >= 0.3 is 0 Å². The summed E-state index contributed by atoms with van der Waals surface area (Å²) in [7, 11) is 0. The molecule has 26 heavy (non-hydrogen) atoms. The van der Waals surface area contributed by atoms with Crippen LogP contribution in [-0.4, -0.2) is 20.7 Å². The van der Waals surface area contributed by atoms with Crippen LogP contribution in [0.25, 0.3) is 21.5 Å². The summed E-state index contributed by atoms with van der Waals surface area (Å²) >= 11 is 0. The van der Waals surface area contributed by atoms with E-state index < -0.39 is 17.0 Å². The normalized spacial score (nSPS) is 10.9. The molecule has 0 atom stereocenters.